The number of carbonyl (C=O) groups is 4. The van der Waals surface area contributed by atoms with E-state index in [2.05, 4.69) is 44.7 Å². The molecule has 10 rings (SSSR count). The van der Waals surface area contributed by atoms with Gasteiger partial charge in [-0.1, -0.05) is 86.6 Å². The number of nitrogens with zero attached hydrogens (tertiary/aromatic N) is 2. The van der Waals surface area contributed by atoms with Crippen LogP contribution in [0.1, 0.15) is 104 Å². The van der Waals surface area contributed by atoms with Gasteiger partial charge < -0.3 is 148 Å². The number of rotatable bonds is 27. The fourth-order valence-corrected chi connectivity index (χ4v) is 9.91. The van der Waals surface area contributed by atoms with Crippen LogP contribution in [0.2, 0.25) is 0 Å². The van der Waals surface area contributed by atoms with Crippen molar-refractivity contribution in [3.8, 4) is 57.5 Å². The number of aliphatic hydroxyl groups excluding tert-OH is 6. The fourth-order valence-electron chi connectivity index (χ4n) is 9.91. The number of ketones is 1. The van der Waals surface area contributed by atoms with Crippen LogP contribution >= 0.6 is 0 Å². The smallest absolute Gasteiger partial charge is 0.338 e. The van der Waals surface area contributed by atoms with Crippen LogP contribution in [0, 0.1) is 13.8 Å². The molecule has 0 fully saturated rings. The van der Waals surface area contributed by atoms with Gasteiger partial charge >= 0.3 is 17.9 Å². The van der Waals surface area contributed by atoms with Gasteiger partial charge in [0.05, 0.1) is 69.5 Å². The van der Waals surface area contributed by atoms with Crippen molar-refractivity contribution < 1.29 is 115 Å². The number of ether oxygens (including phenoxy) is 2. The Labute approximate surface area is 728 Å². The number of carboxylic acids is 2. The number of aryl methyl sites for hydroxylation is 2. The standard InChI is InChI=1S/C15H23NO.C9H11NO4.C9H13NO3.C9H11NO2.C8H11NO3.2C8H11NO2.C7H7NO2.C6H15NO3.C6H7NO.C6H7N/c1-5-16(6-2)11-14(17)10-15-12(3)8-7-9-13(15)4;10-6(9(13)14)3-5-1-2-7(11)8(12)4-5;1-13-9-4-6(8(12)5-10)2-3-7(9)11;1-2-12-9(11)7-3-5-8(10)6-4-7;9-4-8(12)5-1-2-6(10)7(11)3-5;9-5-8(11)6-1-3-7(10)4-2-6;9-4-3-6-1-2-7(10)8(11)5-6;8-6-3-1-5(2-4-6)7(9)10;8-4-1-7(2-5-9)3-6-10;7-5-1-3-6(8)4-2-5;7-6-4-2-1-3-5-6/h7-9H,5-6,10-11H2,1-4H3;1-2,4,6,11-12H,3,10H2,(H,13,14);2-4,8,11-12H,5,10H2,1H3;3-6H,2,10H2,1H3;1-3,8,10-12H,4,9H2;1-4,8,10-11H,5,9H2;1-2,5,10-11H,3-4,9H2;1-4H,8H2,(H,9,10);8-10H,1-6H2;1-4,8H,7H2;1-5H,7H2/t;6-;;;8-;;;;;;/m.0..0....../s1. The number of hydrogen-bond donors (Lipinski definition) is 26. The Morgan fingerprint density at radius 2 is 0.808 bits per heavy atom. The molecule has 35 N–H and O–H groups in total. The van der Waals surface area contributed by atoms with Crippen LogP contribution < -0.4 is 56.3 Å². The summed E-state index contributed by atoms with van der Waals surface area (Å²) < 4.78 is 9.67. The van der Waals surface area contributed by atoms with Crippen molar-refractivity contribution in [2.45, 2.75) is 78.2 Å². The molecule has 125 heavy (non-hydrogen) atoms. The number of phenols is 9. The summed E-state index contributed by atoms with van der Waals surface area (Å²) in [5.41, 5.74) is 58.3. The van der Waals surface area contributed by atoms with Crippen LogP contribution in [0.3, 0.4) is 0 Å². The van der Waals surface area contributed by atoms with Crippen LogP contribution in [0.4, 0.5) is 22.7 Å². The highest BCUT2D eigenvalue weighted by Crippen LogP contribution is 2.31. The number of hydrogen-bond acceptors (Lipinski definition) is 32. The van der Waals surface area contributed by atoms with Gasteiger partial charge in [0.1, 0.15) is 17.5 Å². The number of aromatic carboxylic acids is 1. The number of para-hydroxylation sites is 1. The number of esters is 1. The second kappa shape index (κ2) is 64.7. The number of aromatic hydroxyl groups is 9. The molecular formula is C91H127N11O23. The molecule has 4 atom stereocenters. The number of Topliss-reactive ketones (excluding diaryl/α,β-unsaturated/α-hetero) is 1. The highest BCUT2D eigenvalue weighted by molar-refractivity contribution is 5.90. The minimum atomic E-state index is -1.10. The molecule has 34 heteroatoms. The van der Waals surface area contributed by atoms with Gasteiger partial charge in [-0.2, -0.15) is 0 Å². The van der Waals surface area contributed by atoms with Crippen LogP contribution in [0.15, 0.2) is 218 Å². The third-order valence-corrected chi connectivity index (χ3v) is 17.0. The maximum atomic E-state index is 12.0. The largest absolute Gasteiger partial charge is 0.508 e. The normalized spacial score (nSPS) is 11.0. The number of methoxy groups -OCH3 is 1. The zero-order valence-corrected chi connectivity index (χ0v) is 71.3. The Morgan fingerprint density at radius 3 is 1.18 bits per heavy atom. The van der Waals surface area contributed by atoms with Gasteiger partial charge in [0.25, 0.3) is 0 Å². The maximum Gasteiger partial charge on any atom is 0.338 e. The van der Waals surface area contributed by atoms with Crippen molar-refractivity contribution in [1.82, 2.24) is 9.80 Å². The van der Waals surface area contributed by atoms with Crippen molar-refractivity contribution >= 4 is 46.4 Å². The molecule has 0 aliphatic heterocycles. The Morgan fingerprint density at radius 1 is 0.424 bits per heavy atom. The third-order valence-electron chi connectivity index (χ3n) is 17.0. The number of nitrogen functional groups attached to an aromatic ring is 4. The first kappa shape index (κ1) is 112. The number of nitrogens with two attached hydrogens (primary N) is 9. The van der Waals surface area contributed by atoms with E-state index in [4.69, 9.17) is 127 Å². The molecule has 0 spiro atoms. The summed E-state index contributed by atoms with van der Waals surface area (Å²) in [6, 6.07) is 57.7. The number of carbonyl (C=O) groups excluding carboxylic acids is 2. The molecule has 0 heterocycles. The zero-order valence-electron chi connectivity index (χ0n) is 71.3. The molecule has 10 aromatic carbocycles. The van der Waals surface area contributed by atoms with Crippen molar-refractivity contribution in [2.75, 3.05) is 122 Å². The van der Waals surface area contributed by atoms with Crippen molar-refractivity contribution in [3.05, 3.63) is 274 Å². The lowest BCUT2D eigenvalue weighted by Crippen LogP contribution is -2.32. The molecule has 0 saturated heterocycles. The third kappa shape index (κ3) is 49.0. The van der Waals surface area contributed by atoms with Gasteiger partial charge in [0.2, 0.25) is 0 Å². The van der Waals surface area contributed by atoms with E-state index in [1.165, 1.54) is 103 Å². The summed E-state index contributed by atoms with van der Waals surface area (Å²) in [4.78, 5) is 47.7. The highest BCUT2D eigenvalue weighted by Gasteiger charge is 2.16. The zero-order chi connectivity index (χ0) is 94.5. The SMILES string of the molecule is CCN(CC)CC(=O)Cc1c(C)cccc1C.CCOC(=O)c1ccc(N)cc1.COc1cc(C(O)CN)ccc1O.NCC(O)c1ccc(O)cc1.NCCc1ccc(O)c(O)c1.NC[C@H](O)c1ccc(O)c(O)c1.N[C@@H](Cc1ccc(O)c(O)c1)C(=O)O.Nc1ccc(C(=O)O)cc1.Nc1ccc(O)cc1.Nc1ccccc1.OCCN(CCO)CCO. The van der Waals surface area contributed by atoms with E-state index in [1.807, 2.05) is 36.4 Å². The quantitative estimate of drug-likeness (QED) is 0.0105. The van der Waals surface area contributed by atoms with Gasteiger partial charge in [-0.25, -0.2) is 9.59 Å². The highest BCUT2D eigenvalue weighted by atomic mass is 16.5. The topological polar surface area (TPSA) is 671 Å². The number of aliphatic hydroxyl groups is 6. The first-order valence-electron chi connectivity index (χ1n) is 39.2. The van der Waals surface area contributed by atoms with E-state index in [0.29, 0.717) is 103 Å². The number of anilines is 4. The minimum absolute atomic E-state index is 0.0514. The molecule has 2 unspecified atom stereocenters. The second-order valence-electron chi connectivity index (χ2n) is 26.7. The summed E-state index contributed by atoms with van der Waals surface area (Å²) in [6.07, 6.45) is -0.743. The molecule has 0 amide bonds. The van der Waals surface area contributed by atoms with E-state index in [-0.39, 0.29) is 109 Å². The molecule has 0 aliphatic carbocycles. The average molecular weight is 1740 g/mol. The van der Waals surface area contributed by atoms with Crippen LogP contribution in [-0.2, 0) is 33.6 Å². The lowest BCUT2D eigenvalue weighted by Gasteiger charge is -2.17. The molecule has 0 radical (unpaired) electrons. The lowest BCUT2D eigenvalue weighted by atomic mass is 9.98. The summed E-state index contributed by atoms with van der Waals surface area (Å²) >= 11 is 0. The van der Waals surface area contributed by atoms with Crippen LogP contribution in [0.5, 0.6) is 57.5 Å². The van der Waals surface area contributed by atoms with E-state index < -0.39 is 36.3 Å². The Bertz CT molecular complexity index is 4560. The van der Waals surface area contributed by atoms with Crippen molar-refractivity contribution in [2.24, 2.45) is 28.7 Å². The summed E-state index contributed by atoms with van der Waals surface area (Å²) in [5.74, 6) is -2.35. The number of benzene rings is 10. The van der Waals surface area contributed by atoms with Gasteiger partial charge in [-0.3, -0.25) is 19.4 Å². The number of likely N-dealkylation sites (N-methyl/N-ethyl adjacent to an activating group) is 1. The molecule has 34 nitrogen and oxygen atoms in total. The van der Waals surface area contributed by atoms with E-state index >= 15 is 0 Å². The number of phenolic OH excluding ortho intramolecular Hbond substituents is 9. The average Bonchev–Trinajstić information content (AvgIpc) is 0.866. The second-order valence-corrected chi connectivity index (χ2v) is 26.7. The Kier molecular flexibility index (Phi) is 58.0. The Balaban J connectivity index is 0.00000136. The molecule has 10 aromatic rings. The number of aliphatic carboxylic acids is 1. The first-order chi connectivity index (χ1) is 59.3. The van der Waals surface area contributed by atoms with Crippen LogP contribution in [-0.4, -0.2) is 225 Å². The van der Waals surface area contributed by atoms with Gasteiger partial charge in [0.15, 0.2) is 51.8 Å². The molecule has 0 aliphatic rings. The Hall–Kier alpha value is -13.0. The van der Waals surface area contributed by atoms with Gasteiger partial charge in [-0.15, -0.1) is 0 Å². The van der Waals surface area contributed by atoms with E-state index in [0.717, 1.165) is 29.9 Å². The maximum absolute atomic E-state index is 12.0. The predicted octanol–water partition coefficient (Wildman–Crippen LogP) is 7.20. The van der Waals surface area contributed by atoms with Crippen LogP contribution in [0.25, 0.3) is 0 Å². The van der Waals surface area contributed by atoms with E-state index in [1.54, 1.807) is 103 Å². The minimum Gasteiger partial charge on any atom is -0.508 e. The fraction of sp³-hybridized carbons (Fsp3) is 0.297. The van der Waals surface area contributed by atoms with Crippen molar-refractivity contribution in [3.63, 3.8) is 0 Å². The summed E-state index contributed by atoms with van der Waals surface area (Å²) in [5, 5.41) is 151. The summed E-state index contributed by atoms with van der Waals surface area (Å²) in [6.45, 7) is 15.7. The monoisotopic (exact) mass is 1740 g/mol. The van der Waals surface area contributed by atoms with Gasteiger partial charge in [0, 0.05) is 68.4 Å². The van der Waals surface area contributed by atoms with E-state index in [9.17, 15) is 39.6 Å². The van der Waals surface area contributed by atoms with Gasteiger partial charge in [-0.05, 0) is 243 Å². The molecule has 0 bridgehead atoms. The summed E-state index contributed by atoms with van der Waals surface area (Å²) in [7, 11) is 1.45. The molecular weight excluding hydrogens is 1620 g/mol. The number of carboxylic acid groups (broad SMARTS) is 2. The lowest BCUT2D eigenvalue weighted by molar-refractivity contribution is -0.138. The molecule has 0 aromatic heterocycles. The van der Waals surface area contributed by atoms with Crippen molar-refractivity contribution in [1.29, 1.82) is 0 Å². The molecule has 0 saturated carbocycles. The first-order valence-corrected chi connectivity index (χ1v) is 39.2. The molecule has 684 valence electrons. The predicted molar refractivity (Wildman–Crippen MR) is 484 cm³/mol.